The first-order valence-electron chi connectivity index (χ1n) is 7.92. The van der Waals surface area contributed by atoms with Crippen LogP contribution in [0.1, 0.15) is 24.4 Å². The third-order valence-electron chi connectivity index (χ3n) is 4.59. The van der Waals surface area contributed by atoms with Gasteiger partial charge in [0.15, 0.2) is 0 Å². The molecule has 0 amide bonds. The molecule has 1 aliphatic rings. The van der Waals surface area contributed by atoms with Crippen molar-refractivity contribution in [2.75, 3.05) is 11.4 Å². The SMILES string of the molecule is Cn1cc(C2CCCN2c2ccc([N+](=O)[O-])c3cccnc23)cn1. The fourth-order valence-electron chi connectivity index (χ4n) is 3.55. The van der Waals surface area contributed by atoms with Crippen LogP contribution in [-0.4, -0.2) is 26.2 Å². The monoisotopic (exact) mass is 323 g/mol. The molecule has 1 unspecified atom stereocenters. The van der Waals surface area contributed by atoms with Gasteiger partial charge in [-0.1, -0.05) is 0 Å². The minimum absolute atomic E-state index is 0.0963. The highest BCUT2D eigenvalue weighted by molar-refractivity contribution is 5.97. The van der Waals surface area contributed by atoms with Gasteiger partial charge in [0.25, 0.3) is 5.69 Å². The predicted molar refractivity (Wildman–Crippen MR) is 90.9 cm³/mol. The summed E-state index contributed by atoms with van der Waals surface area (Å²) < 4.78 is 1.80. The summed E-state index contributed by atoms with van der Waals surface area (Å²) in [5.74, 6) is 0. The molecule has 1 aliphatic heterocycles. The van der Waals surface area contributed by atoms with E-state index in [0.29, 0.717) is 10.9 Å². The lowest BCUT2D eigenvalue weighted by Gasteiger charge is -2.26. The molecule has 3 heterocycles. The second-order valence-corrected chi connectivity index (χ2v) is 6.06. The standard InChI is InChI=1S/C17H17N5O2/c1-20-11-12(10-19-20)14-5-3-9-21(14)16-7-6-15(22(23)24)13-4-2-8-18-17(13)16/h2,4,6-8,10-11,14H,3,5,9H2,1H3. The van der Waals surface area contributed by atoms with Gasteiger partial charge in [0.1, 0.15) is 5.52 Å². The molecule has 122 valence electrons. The zero-order valence-electron chi connectivity index (χ0n) is 13.3. The van der Waals surface area contributed by atoms with Crippen LogP contribution in [0.5, 0.6) is 0 Å². The third-order valence-corrected chi connectivity index (χ3v) is 4.59. The van der Waals surface area contributed by atoms with Crippen LogP contribution in [0.15, 0.2) is 42.9 Å². The molecule has 0 saturated carbocycles. The van der Waals surface area contributed by atoms with E-state index in [1.165, 1.54) is 0 Å². The molecule has 7 nitrogen and oxygen atoms in total. The lowest BCUT2D eigenvalue weighted by atomic mass is 10.1. The Kier molecular flexibility index (Phi) is 3.41. The second kappa shape index (κ2) is 5.59. The summed E-state index contributed by atoms with van der Waals surface area (Å²) >= 11 is 0. The highest BCUT2D eigenvalue weighted by Gasteiger charge is 2.29. The Balaban J connectivity index is 1.84. The van der Waals surface area contributed by atoms with E-state index in [1.807, 2.05) is 25.5 Å². The lowest BCUT2D eigenvalue weighted by Crippen LogP contribution is -2.22. The number of aryl methyl sites for hydroxylation is 1. The van der Waals surface area contributed by atoms with E-state index in [0.717, 1.165) is 30.6 Å². The first-order valence-corrected chi connectivity index (χ1v) is 7.92. The average molecular weight is 323 g/mol. The molecule has 0 spiro atoms. The second-order valence-electron chi connectivity index (χ2n) is 6.06. The van der Waals surface area contributed by atoms with E-state index in [-0.39, 0.29) is 16.7 Å². The van der Waals surface area contributed by atoms with Gasteiger partial charge in [-0.25, -0.2) is 0 Å². The van der Waals surface area contributed by atoms with Crippen LogP contribution < -0.4 is 4.90 Å². The quantitative estimate of drug-likeness (QED) is 0.546. The van der Waals surface area contributed by atoms with Crippen LogP contribution in [0.4, 0.5) is 11.4 Å². The van der Waals surface area contributed by atoms with Gasteiger partial charge in [0, 0.05) is 37.6 Å². The van der Waals surface area contributed by atoms with Crippen molar-refractivity contribution in [3.8, 4) is 0 Å². The molecule has 1 atom stereocenters. The first kappa shape index (κ1) is 14.6. The molecule has 7 heteroatoms. The van der Waals surface area contributed by atoms with Gasteiger partial charge in [-0.3, -0.25) is 19.8 Å². The summed E-state index contributed by atoms with van der Waals surface area (Å²) in [6.07, 6.45) is 7.72. The molecule has 1 saturated heterocycles. The van der Waals surface area contributed by atoms with Crippen LogP contribution in [0.2, 0.25) is 0 Å². The summed E-state index contributed by atoms with van der Waals surface area (Å²) in [5, 5.41) is 16.1. The number of hydrogen-bond donors (Lipinski definition) is 0. The van der Waals surface area contributed by atoms with Crippen LogP contribution in [0.25, 0.3) is 10.9 Å². The largest absolute Gasteiger partial charge is 0.363 e. The van der Waals surface area contributed by atoms with Crippen molar-refractivity contribution in [3.63, 3.8) is 0 Å². The number of anilines is 1. The number of pyridine rings is 1. The van der Waals surface area contributed by atoms with Crippen molar-refractivity contribution < 1.29 is 4.92 Å². The highest BCUT2D eigenvalue weighted by Crippen LogP contribution is 2.40. The van der Waals surface area contributed by atoms with Gasteiger partial charge in [0.05, 0.1) is 28.2 Å². The van der Waals surface area contributed by atoms with E-state index in [4.69, 9.17) is 0 Å². The van der Waals surface area contributed by atoms with Crippen LogP contribution in [0, 0.1) is 10.1 Å². The van der Waals surface area contributed by atoms with E-state index in [1.54, 1.807) is 29.1 Å². The van der Waals surface area contributed by atoms with Crippen molar-refractivity contribution in [1.82, 2.24) is 14.8 Å². The molecule has 1 fully saturated rings. The molecule has 2 aromatic heterocycles. The van der Waals surface area contributed by atoms with Crippen molar-refractivity contribution >= 4 is 22.3 Å². The molecular weight excluding hydrogens is 306 g/mol. The Morgan fingerprint density at radius 1 is 1.33 bits per heavy atom. The molecule has 0 radical (unpaired) electrons. The summed E-state index contributed by atoms with van der Waals surface area (Å²) in [7, 11) is 1.91. The molecule has 24 heavy (non-hydrogen) atoms. The van der Waals surface area contributed by atoms with Crippen LogP contribution >= 0.6 is 0 Å². The maximum Gasteiger partial charge on any atom is 0.278 e. The Bertz CT molecular complexity index is 920. The molecule has 3 aromatic rings. The number of fused-ring (bicyclic) bond motifs is 1. The highest BCUT2D eigenvalue weighted by atomic mass is 16.6. The normalized spacial score (nSPS) is 17.5. The smallest absolute Gasteiger partial charge is 0.278 e. The van der Waals surface area contributed by atoms with Gasteiger partial charge < -0.3 is 4.90 Å². The van der Waals surface area contributed by atoms with E-state index in [2.05, 4.69) is 15.0 Å². The molecule has 4 rings (SSSR count). The number of non-ortho nitro benzene ring substituents is 1. The number of nitrogens with zero attached hydrogens (tertiary/aromatic N) is 5. The van der Waals surface area contributed by atoms with Crippen LogP contribution in [-0.2, 0) is 7.05 Å². The molecule has 0 N–H and O–H groups in total. The average Bonchev–Trinajstić information content (AvgIpc) is 3.22. The zero-order chi connectivity index (χ0) is 16.7. The summed E-state index contributed by atoms with van der Waals surface area (Å²) in [6, 6.07) is 7.13. The Morgan fingerprint density at radius 2 is 2.21 bits per heavy atom. The number of nitro groups is 1. The van der Waals surface area contributed by atoms with E-state index >= 15 is 0 Å². The van der Waals surface area contributed by atoms with Crippen molar-refractivity contribution in [1.29, 1.82) is 0 Å². The minimum Gasteiger partial charge on any atom is -0.363 e. The molecule has 0 aliphatic carbocycles. The molecule has 0 bridgehead atoms. The zero-order valence-corrected chi connectivity index (χ0v) is 13.3. The fraction of sp³-hybridized carbons (Fsp3) is 0.294. The van der Waals surface area contributed by atoms with Crippen LogP contribution in [0.3, 0.4) is 0 Å². The van der Waals surface area contributed by atoms with Gasteiger partial charge in [0.2, 0.25) is 0 Å². The predicted octanol–water partition coefficient (Wildman–Crippen LogP) is 3.22. The minimum atomic E-state index is -0.351. The number of benzene rings is 1. The summed E-state index contributed by atoms with van der Waals surface area (Å²) in [4.78, 5) is 17.7. The van der Waals surface area contributed by atoms with E-state index < -0.39 is 0 Å². The van der Waals surface area contributed by atoms with Crippen molar-refractivity contribution in [3.05, 3.63) is 58.5 Å². The van der Waals surface area contributed by atoms with Crippen molar-refractivity contribution in [2.24, 2.45) is 7.05 Å². The number of rotatable bonds is 3. The van der Waals surface area contributed by atoms with Gasteiger partial charge in [-0.05, 0) is 31.0 Å². The Labute approximate surface area is 138 Å². The number of aromatic nitrogens is 3. The van der Waals surface area contributed by atoms with Gasteiger partial charge in [-0.2, -0.15) is 5.10 Å². The lowest BCUT2D eigenvalue weighted by molar-refractivity contribution is -0.383. The topological polar surface area (TPSA) is 77.1 Å². The Hall–Kier alpha value is -2.96. The van der Waals surface area contributed by atoms with Crippen molar-refractivity contribution in [2.45, 2.75) is 18.9 Å². The third kappa shape index (κ3) is 2.29. The number of hydrogen-bond acceptors (Lipinski definition) is 5. The summed E-state index contributed by atoms with van der Waals surface area (Å²) in [6.45, 7) is 0.906. The van der Waals surface area contributed by atoms with Gasteiger partial charge in [-0.15, -0.1) is 0 Å². The maximum atomic E-state index is 11.3. The van der Waals surface area contributed by atoms with E-state index in [9.17, 15) is 10.1 Å². The maximum absolute atomic E-state index is 11.3. The Morgan fingerprint density at radius 3 is 2.96 bits per heavy atom. The molecular formula is C17H17N5O2. The number of nitro benzene ring substituents is 1. The summed E-state index contributed by atoms with van der Waals surface area (Å²) in [5.41, 5.74) is 2.89. The molecule has 1 aromatic carbocycles. The first-order chi connectivity index (χ1) is 11.6. The fourth-order valence-corrected chi connectivity index (χ4v) is 3.55. The van der Waals surface area contributed by atoms with Gasteiger partial charge >= 0.3 is 0 Å².